The van der Waals surface area contributed by atoms with Gasteiger partial charge in [0.1, 0.15) is 16.4 Å². The van der Waals surface area contributed by atoms with Crippen LogP contribution in [0.2, 0.25) is 0 Å². The van der Waals surface area contributed by atoms with Gasteiger partial charge in [-0.3, -0.25) is 0 Å². The second-order valence-electron chi connectivity index (χ2n) is 5.02. The first-order chi connectivity index (χ1) is 9.03. The molecule has 1 aliphatic rings. The lowest BCUT2D eigenvalue weighted by Gasteiger charge is -2.11. The summed E-state index contributed by atoms with van der Waals surface area (Å²) >= 11 is 0. The molecule has 0 bridgehead atoms. The topological polar surface area (TPSA) is 71.3 Å². The molecule has 2 N–H and O–H groups in total. The van der Waals surface area contributed by atoms with Gasteiger partial charge < -0.3 is 9.73 Å². The number of furan rings is 1. The van der Waals surface area contributed by atoms with Crippen LogP contribution >= 0.6 is 0 Å². The lowest BCUT2D eigenvalue weighted by atomic mass is 10.3. The van der Waals surface area contributed by atoms with E-state index in [0.717, 1.165) is 32.2 Å². The van der Waals surface area contributed by atoms with Gasteiger partial charge in [-0.25, -0.2) is 13.1 Å². The van der Waals surface area contributed by atoms with E-state index < -0.39 is 10.0 Å². The van der Waals surface area contributed by atoms with E-state index in [9.17, 15) is 8.42 Å². The van der Waals surface area contributed by atoms with Gasteiger partial charge >= 0.3 is 0 Å². The first-order valence-corrected chi connectivity index (χ1v) is 8.33. The van der Waals surface area contributed by atoms with Crippen molar-refractivity contribution >= 4 is 10.0 Å². The van der Waals surface area contributed by atoms with E-state index in [-0.39, 0.29) is 10.9 Å². The Bertz CT molecular complexity index is 516. The Hall–Kier alpha value is -0.850. The average molecular weight is 286 g/mol. The molecular weight excluding hydrogens is 264 g/mol. The first kappa shape index (κ1) is 14.6. The number of hydrogen-bond donors (Lipinski definition) is 2. The molecule has 2 rings (SSSR count). The number of rotatable bonds is 6. The van der Waals surface area contributed by atoms with Crippen LogP contribution in [0.25, 0.3) is 0 Å². The molecule has 1 fully saturated rings. The fraction of sp³-hybridized carbons (Fsp3) is 0.692. The minimum absolute atomic E-state index is 0.0801. The molecular formula is C13H22N2O3S. The van der Waals surface area contributed by atoms with Gasteiger partial charge in [-0.05, 0) is 26.3 Å². The quantitative estimate of drug-likeness (QED) is 0.838. The summed E-state index contributed by atoms with van der Waals surface area (Å²) in [6, 6.07) is 1.70. The predicted molar refractivity (Wildman–Crippen MR) is 73.4 cm³/mol. The normalized spacial score (nSPS) is 17.2. The van der Waals surface area contributed by atoms with E-state index in [1.54, 1.807) is 13.0 Å². The van der Waals surface area contributed by atoms with Gasteiger partial charge in [0.15, 0.2) is 0 Å². The standard InChI is InChI=1S/C13H22N2O3S/c1-3-14-9-12-8-13(10(2)18-12)19(16,17)15-11-6-4-5-7-11/h8,11,14-15H,3-7,9H2,1-2H3. The van der Waals surface area contributed by atoms with E-state index in [4.69, 9.17) is 4.42 Å². The fourth-order valence-corrected chi connectivity index (χ4v) is 3.96. The largest absolute Gasteiger partial charge is 0.464 e. The molecule has 1 aliphatic carbocycles. The maximum absolute atomic E-state index is 12.3. The van der Waals surface area contributed by atoms with Crippen molar-refractivity contribution in [3.05, 3.63) is 17.6 Å². The Morgan fingerprint density at radius 2 is 2.05 bits per heavy atom. The molecule has 19 heavy (non-hydrogen) atoms. The van der Waals surface area contributed by atoms with Crippen molar-refractivity contribution in [2.24, 2.45) is 0 Å². The van der Waals surface area contributed by atoms with Crippen LogP contribution in [0.5, 0.6) is 0 Å². The summed E-state index contributed by atoms with van der Waals surface area (Å²) in [7, 11) is -3.45. The molecule has 108 valence electrons. The highest BCUT2D eigenvalue weighted by atomic mass is 32.2. The molecule has 0 radical (unpaired) electrons. The number of hydrogen-bond acceptors (Lipinski definition) is 4. The Kier molecular flexibility index (Phi) is 4.65. The van der Waals surface area contributed by atoms with Crippen molar-refractivity contribution in [2.45, 2.75) is 57.0 Å². The molecule has 1 aromatic heterocycles. The molecule has 0 aromatic carbocycles. The maximum atomic E-state index is 12.3. The third-order valence-corrected chi connectivity index (χ3v) is 5.07. The number of aryl methyl sites for hydroxylation is 1. The third-order valence-electron chi connectivity index (χ3n) is 3.44. The van der Waals surface area contributed by atoms with Gasteiger partial charge in [-0.15, -0.1) is 0 Å². The zero-order chi connectivity index (χ0) is 13.9. The molecule has 0 aliphatic heterocycles. The molecule has 1 heterocycles. The Balaban J connectivity index is 2.12. The van der Waals surface area contributed by atoms with Gasteiger partial charge in [0.05, 0.1) is 6.54 Å². The summed E-state index contributed by atoms with van der Waals surface area (Å²) < 4.78 is 32.9. The van der Waals surface area contributed by atoms with Crippen molar-refractivity contribution in [1.82, 2.24) is 10.0 Å². The van der Waals surface area contributed by atoms with Gasteiger partial charge in [0, 0.05) is 12.1 Å². The molecule has 1 aromatic rings. The second kappa shape index (κ2) is 6.07. The van der Waals surface area contributed by atoms with E-state index in [1.165, 1.54) is 0 Å². The Labute approximate surface area is 114 Å². The number of nitrogens with one attached hydrogen (secondary N) is 2. The second-order valence-corrected chi connectivity index (χ2v) is 6.70. The lowest BCUT2D eigenvalue weighted by molar-refractivity contribution is 0.459. The maximum Gasteiger partial charge on any atom is 0.244 e. The van der Waals surface area contributed by atoms with Crippen LogP contribution in [-0.4, -0.2) is 21.0 Å². The van der Waals surface area contributed by atoms with Crippen LogP contribution in [-0.2, 0) is 16.6 Å². The van der Waals surface area contributed by atoms with Crippen LogP contribution in [0.1, 0.15) is 44.1 Å². The monoisotopic (exact) mass is 286 g/mol. The zero-order valence-corrected chi connectivity index (χ0v) is 12.3. The minimum atomic E-state index is -3.45. The highest BCUT2D eigenvalue weighted by Crippen LogP contribution is 2.23. The van der Waals surface area contributed by atoms with Crippen molar-refractivity contribution in [3.8, 4) is 0 Å². The molecule has 0 saturated heterocycles. The van der Waals surface area contributed by atoms with Crippen molar-refractivity contribution < 1.29 is 12.8 Å². The van der Waals surface area contributed by atoms with Gasteiger partial charge in [0.2, 0.25) is 10.0 Å². The minimum Gasteiger partial charge on any atom is -0.464 e. The lowest BCUT2D eigenvalue weighted by Crippen LogP contribution is -2.32. The highest BCUT2D eigenvalue weighted by Gasteiger charge is 2.26. The molecule has 0 unspecified atom stereocenters. The summed E-state index contributed by atoms with van der Waals surface area (Å²) in [6.07, 6.45) is 4.06. The molecule has 0 amide bonds. The molecule has 1 saturated carbocycles. The van der Waals surface area contributed by atoms with Crippen molar-refractivity contribution in [1.29, 1.82) is 0 Å². The molecule has 6 heteroatoms. The van der Waals surface area contributed by atoms with Crippen LogP contribution in [0.3, 0.4) is 0 Å². The summed E-state index contributed by atoms with van der Waals surface area (Å²) in [5.41, 5.74) is 0. The Morgan fingerprint density at radius 1 is 1.37 bits per heavy atom. The molecule has 0 atom stereocenters. The zero-order valence-electron chi connectivity index (χ0n) is 11.5. The van der Waals surface area contributed by atoms with Crippen molar-refractivity contribution in [3.63, 3.8) is 0 Å². The summed E-state index contributed by atoms with van der Waals surface area (Å²) in [4.78, 5) is 0.271. The summed E-state index contributed by atoms with van der Waals surface area (Å²) in [5.74, 6) is 1.12. The smallest absolute Gasteiger partial charge is 0.244 e. The highest BCUT2D eigenvalue weighted by molar-refractivity contribution is 7.89. The van der Waals surface area contributed by atoms with E-state index in [0.29, 0.717) is 18.1 Å². The van der Waals surface area contributed by atoms with Crippen molar-refractivity contribution in [2.75, 3.05) is 6.54 Å². The van der Waals surface area contributed by atoms with Crippen LogP contribution in [0, 0.1) is 6.92 Å². The summed E-state index contributed by atoms with van der Waals surface area (Å²) in [5, 5.41) is 3.12. The molecule has 5 nitrogen and oxygen atoms in total. The van der Waals surface area contributed by atoms with Gasteiger partial charge in [0.25, 0.3) is 0 Å². The van der Waals surface area contributed by atoms with Crippen LogP contribution < -0.4 is 10.0 Å². The average Bonchev–Trinajstić information content (AvgIpc) is 2.95. The SMILES string of the molecule is CCNCc1cc(S(=O)(=O)NC2CCCC2)c(C)o1. The van der Waals surface area contributed by atoms with Gasteiger partial charge in [-0.1, -0.05) is 19.8 Å². The van der Waals surface area contributed by atoms with E-state index >= 15 is 0 Å². The summed E-state index contributed by atoms with van der Waals surface area (Å²) in [6.45, 7) is 5.06. The van der Waals surface area contributed by atoms with E-state index in [2.05, 4.69) is 10.0 Å². The first-order valence-electron chi connectivity index (χ1n) is 6.85. The van der Waals surface area contributed by atoms with E-state index in [1.807, 2.05) is 6.92 Å². The molecule has 0 spiro atoms. The number of sulfonamides is 1. The predicted octanol–water partition coefficient (Wildman–Crippen LogP) is 1.92. The third kappa shape index (κ3) is 3.58. The van der Waals surface area contributed by atoms with Crippen LogP contribution in [0.4, 0.5) is 0 Å². The van der Waals surface area contributed by atoms with Gasteiger partial charge in [-0.2, -0.15) is 0 Å². The Morgan fingerprint density at radius 3 is 2.68 bits per heavy atom. The fourth-order valence-electron chi connectivity index (χ4n) is 2.45. The van der Waals surface area contributed by atoms with Crippen LogP contribution in [0.15, 0.2) is 15.4 Å².